The van der Waals surface area contributed by atoms with Crippen LogP contribution in [0.4, 0.5) is 0 Å². The molecule has 2 aliphatic rings. The number of carbonyl (C=O) groups is 1. The topological polar surface area (TPSA) is 73.9 Å². The molecule has 2 N–H and O–H groups in total. The number of hydrogen-bond acceptors (Lipinski definition) is 4. The van der Waals surface area contributed by atoms with Gasteiger partial charge in [-0.25, -0.2) is 4.98 Å². The van der Waals surface area contributed by atoms with E-state index in [2.05, 4.69) is 20.5 Å². The van der Waals surface area contributed by atoms with E-state index in [-0.39, 0.29) is 5.91 Å². The first-order valence-corrected chi connectivity index (χ1v) is 9.27. The Kier molecular flexibility index (Phi) is 4.78. The van der Waals surface area contributed by atoms with Crippen molar-refractivity contribution in [1.29, 1.82) is 0 Å². The van der Waals surface area contributed by atoms with E-state index in [1.807, 2.05) is 29.2 Å². The molecule has 2 fully saturated rings. The summed E-state index contributed by atoms with van der Waals surface area (Å²) in [6, 6.07) is 7.65. The standard InChI is InChI=1S/C19H25N5O/c25-19(17-4-2-1-3-16(17)18-21-13-22-23-18)24-11-7-15(8-12-24)14-5-9-20-10-6-14/h1-4,13-15,20H,5-12H2,(H,21,22,23). The van der Waals surface area contributed by atoms with Crippen molar-refractivity contribution in [2.24, 2.45) is 11.8 Å². The molecule has 0 saturated carbocycles. The zero-order valence-electron chi connectivity index (χ0n) is 14.4. The zero-order chi connectivity index (χ0) is 17.1. The van der Waals surface area contributed by atoms with Crippen molar-refractivity contribution in [3.8, 4) is 11.4 Å². The van der Waals surface area contributed by atoms with Gasteiger partial charge in [-0.15, -0.1) is 0 Å². The number of H-pyrrole nitrogens is 1. The van der Waals surface area contributed by atoms with Crippen LogP contribution in [0.3, 0.4) is 0 Å². The highest BCUT2D eigenvalue weighted by molar-refractivity contribution is 6.00. The third-order valence-electron chi connectivity index (χ3n) is 5.70. The van der Waals surface area contributed by atoms with Crippen molar-refractivity contribution >= 4 is 5.91 Å². The molecular formula is C19H25N5O. The van der Waals surface area contributed by atoms with Crippen LogP contribution < -0.4 is 5.32 Å². The quantitative estimate of drug-likeness (QED) is 0.900. The van der Waals surface area contributed by atoms with E-state index in [0.717, 1.165) is 56.4 Å². The Morgan fingerprint density at radius 3 is 2.48 bits per heavy atom. The fourth-order valence-corrected chi connectivity index (χ4v) is 4.27. The van der Waals surface area contributed by atoms with E-state index >= 15 is 0 Å². The van der Waals surface area contributed by atoms with Crippen molar-refractivity contribution in [3.63, 3.8) is 0 Å². The van der Waals surface area contributed by atoms with Gasteiger partial charge in [0.05, 0.1) is 5.56 Å². The Labute approximate surface area is 148 Å². The van der Waals surface area contributed by atoms with Crippen molar-refractivity contribution in [1.82, 2.24) is 25.4 Å². The van der Waals surface area contributed by atoms with Crippen molar-refractivity contribution in [2.45, 2.75) is 25.7 Å². The van der Waals surface area contributed by atoms with Crippen LogP contribution in [0, 0.1) is 11.8 Å². The van der Waals surface area contributed by atoms with Gasteiger partial charge in [0.2, 0.25) is 0 Å². The van der Waals surface area contributed by atoms with E-state index in [1.54, 1.807) is 0 Å². The van der Waals surface area contributed by atoms with Crippen molar-refractivity contribution in [3.05, 3.63) is 36.2 Å². The number of amides is 1. The monoisotopic (exact) mass is 339 g/mol. The summed E-state index contributed by atoms with van der Waals surface area (Å²) in [6.07, 6.45) is 6.29. The summed E-state index contributed by atoms with van der Waals surface area (Å²) in [5.41, 5.74) is 1.53. The zero-order valence-corrected chi connectivity index (χ0v) is 14.4. The summed E-state index contributed by atoms with van der Waals surface area (Å²) in [6.45, 7) is 4.01. The first kappa shape index (κ1) is 16.3. The highest BCUT2D eigenvalue weighted by Crippen LogP contribution is 2.31. The number of nitrogens with one attached hydrogen (secondary N) is 2. The Bertz CT molecular complexity index is 700. The summed E-state index contributed by atoms with van der Waals surface area (Å²) in [7, 11) is 0. The van der Waals surface area contributed by atoms with E-state index in [9.17, 15) is 4.79 Å². The maximum Gasteiger partial charge on any atom is 0.254 e. The molecule has 1 aromatic heterocycles. The molecule has 6 nitrogen and oxygen atoms in total. The van der Waals surface area contributed by atoms with Crippen LogP contribution >= 0.6 is 0 Å². The van der Waals surface area contributed by atoms with Crippen LogP contribution in [0.5, 0.6) is 0 Å². The van der Waals surface area contributed by atoms with E-state index in [1.165, 1.54) is 19.2 Å². The molecule has 25 heavy (non-hydrogen) atoms. The van der Waals surface area contributed by atoms with Gasteiger partial charge < -0.3 is 10.2 Å². The normalized spacial score (nSPS) is 19.9. The lowest BCUT2D eigenvalue weighted by Crippen LogP contribution is -2.42. The Morgan fingerprint density at radius 1 is 1.04 bits per heavy atom. The van der Waals surface area contributed by atoms with Crippen LogP contribution in [0.1, 0.15) is 36.0 Å². The molecule has 1 aromatic carbocycles. The molecule has 6 heteroatoms. The minimum Gasteiger partial charge on any atom is -0.339 e. The molecule has 1 amide bonds. The molecule has 0 unspecified atom stereocenters. The molecule has 2 aliphatic heterocycles. The van der Waals surface area contributed by atoms with Gasteiger partial charge in [0.1, 0.15) is 6.33 Å². The van der Waals surface area contributed by atoms with Gasteiger partial charge in [0, 0.05) is 18.7 Å². The Balaban J connectivity index is 1.44. The van der Waals surface area contributed by atoms with Gasteiger partial charge in [-0.3, -0.25) is 9.89 Å². The van der Waals surface area contributed by atoms with Crippen LogP contribution in [0.15, 0.2) is 30.6 Å². The number of nitrogens with zero attached hydrogens (tertiary/aromatic N) is 3. The molecule has 0 atom stereocenters. The third kappa shape index (κ3) is 3.44. The van der Waals surface area contributed by atoms with Gasteiger partial charge in [-0.1, -0.05) is 18.2 Å². The SMILES string of the molecule is O=C(c1ccccc1-c1ncn[nH]1)N1CCC(C2CCNCC2)CC1. The number of piperidine rings is 2. The number of aromatic nitrogens is 3. The van der Waals surface area contributed by atoms with Crippen LogP contribution in [-0.4, -0.2) is 52.2 Å². The van der Waals surface area contributed by atoms with Crippen molar-refractivity contribution in [2.75, 3.05) is 26.2 Å². The predicted octanol–water partition coefficient (Wildman–Crippen LogP) is 2.32. The van der Waals surface area contributed by atoms with Gasteiger partial charge in [0.25, 0.3) is 5.91 Å². The Hall–Kier alpha value is -2.21. The summed E-state index contributed by atoms with van der Waals surface area (Å²) >= 11 is 0. The molecule has 0 aliphatic carbocycles. The number of carbonyl (C=O) groups excluding carboxylic acids is 1. The largest absolute Gasteiger partial charge is 0.339 e. The minimum absolute atomic E-state index is 0.107. The minimum atomic E-state index is 0.107. The van der Waals surface area contributed by atoms with Crippen molar-refractivity contribution < 1.29 is 4.79 Å². The van der Waals surface area contributed by atoms with Crippen LogP contribution in [0.25, 0.3) is 11.4 Å². The smallest absolute Gasteiger partial charge is 0.254 e. The predicted molar refractivity (Wildman–Crippen MR) is 96.0 cm³/mol. The molecule has 2 aromatic rings. The molecule has 0 spiro atoms. The molecule has 0 radical (unpaired) electrons. The second kappa shape index (κ2) is 7.35. The van der Waals surface area contributed by atoms with E-state index < -0.39 is 0 Å². The first-order chi connectivity index (χ1) is 12.3. The fourth-order valence-electron chi connectivity index (χ4n) is 4.27. The summed E-state index contributed by atoms with van der Waals surface area (Å²) in [5, 5.41) is 10.2. The maximum atomic E-state index is 13.1. The summed E-state index contributed by atoms with van der Waals surface area (Å²) in [5.74, 6) is 2.36. The average molecular weight is 339 g/mol. The lowest BCUT2D eigenvalue weighted by atomic mass is 9.79. The molecule has 3 heterocycles. The van der Waals surface area contributed by atoms with E-state index in [4.69, 9.17) is 0 Å². The number of likely N-dealkylation sites (tertiary alicyclic amines) is 1. The summed E-state index contributed by atoms with van der Waals surface area (Å²) in [4.78, 5) is 19.3. The lowest BCUT2D eigenvalue weighted by molar-refractivity contribution is 0.0643. The lowest BCUT2D eigenvalue weighted by Gasteiger charge is -2.38. The van der Waals surface area contributed by atoms with E-state index in [0.29, 0.717) is 11.4 Å². The van der Waals surface area contributed by atoms with Gasteiger partial charge in [-0.05, 0) is 56.7 Å². The third-order valence-corrected chi connectivity index (χ3v) is 5.70. The van der Waals surface area contributed by atoms with Crippen LogP contribution in [0.2, 0.25) is 0 Å². The highest BCUT2D eigenvalue weighted by Gasteiger charge is 2.30. The number of rotatable bonds is 3. The van der Waals surface area contributed by atoms with Gasteiger partial charge in [0.15, 0.2) is 5.82 Å². The molecule has 4 rings (SSSR count). The molecule has 2 saturated heterocycles. The van der Waals surface area contributed by atoms with Gasteiger partial charge in [-0.2, -0.15) is 5.10 Å². The number of aromatic amines is 1. The van der Waals surface area contributed by atoms with Crippen LogP contribution in [-0.2, 0) is 0 Å². The number of benzene rings is 1. The Morgan fingerprint density at radius 2 is 1.76 bits per heavy atom. The second-order valence-corrected chi connectivity index (χ2v) is 7.10. The fraction of sp³-hybridized carbons (Fsp3) is 0.526. The number of hydrogen-bond donors (Lipinski definition) is 2. The first-order valence-electron chi connectivity index (χ1n) is 9.27. The average Bonchev–Trinajstić information content (AvgIpc) is 3.23. The summed E-state index contributed by atoms with van der Waals surface area (Å²) < 4.78 is 0. The molecule has 132 valence electrons. The molecular weight excluding hydrogens is 314 g/mol. The maximum absolute atomic E-state index is 13.1. The molecule has 0 bridgehead atoms. The van der Waals surface area contributed by atoms with Gasteiger partial charge >= 0.3 is 0 Å². The second-order valence-electron chi connectivity index (χ2n) is 7.10. The highest BCUT2D eigenvalue weighted by atomic mass is 16.2.